The number of ether oxygens (including phenoxy) is 2. The van der Waals surface area contributed by atoms with Crippen LogP contribution in [0.4, 0.5) is 0 Å². The minimum atomic E-state index is -1.10. The molecule has 0 amide bonds. The quantitative estimate of drug-likeness (QED) is 0.688. The van der Waals surface area contributed by atoms with E-state index in [9.17, 15) is 14.7 Å². The summed E-state index contributed by atoms with van der Waals surface area (Å²) >= 11 is 0. The van der Waals surface area contributed by atoms with Crippen molar-refractivity contribution in [2.24, 2.45) is 0 Å². The van der Waals surface area contributed by atoms with Crippen molar-refractivity contribution in [3.8, 4) is 22.8 Å². The minimum absolute atomic E-state index is 0.0491. The third-order valence-corrected chi connectivity index (χ3v) is 3.62. The van der Waals surface area contributed by atoms with Gasteiger partial charge in [-0.3, -0.25) is 0 Å². The van der Waals surface area contributed by atoms with Gasteiger partial charge in [-0.2, -0.15) is 0 Å². The third kappa shape index (κ3) is 3.37. The van der Waals surface area contributed by atoms with Gasteiger partial charge < -0.3 is 19.6 Å². The summed E-state index contributed by atoms with van der Waals surface area (Å²) in [4.78, 5) is 26.4. The van der Waals surface area contributed by atoms with E-state index < -0.39 is 11.9 Å². The first-order valence-electron chi connectivity index (χ1n) is 7.46. The molecule has 3 rings (SSSR count). The smallest absolute Gasteiger partial charge is 0.340 e. The molecule has 0 aliphatic heterocycles. The Morgan fingerprint density at radius 1 is 0.960 bits per heavy atom. The van der Waals surface area contributed by atoms with Gasteiger partial charge in [-0.1, -0.05) is 18.2 Å². The molecule has 0 bridgehead atoms. The van der Waals surface area contributed by atoms with Gasteiger partial charge in [0.25, 0.3) is 0 Å². The molecule has 0 saturated heterocycles. The largest absolute Gasteiger partial charge is 0.478 e. The second kappa shape index (κ2) is 6.92. The summed E-state index contributed by atoms with van der Waals surface area (Å²) in [7, 11) is 1.27. The van der Waals surface area contributed by atoms with Crippen molar-refractivity contribution in [2.45, 2.75) is 0 Å². The summed E-state index contributed by atoms with van der Waals surface area (Å²) in [6.45, 7) is 0. The maximum atomic E-state index is 11.9. The molecule has 2 N–H and O–H groups in total. The maximum absolute atomic E-state index is 11.9. The maximum Gasteiger partial charge on any atom is 0.340 e. The van der Waals surface area contributed by atoms with E-state index in [1.165, 1.54) is 19.2 Å². The first kappa shape index (κ1) is 16.3. The number of carboxylic acids is 1. The molecule has 2 aromatic carbocycles. The minimum Gasteiger partial charge on any atom is -0.478 e. The van der Waals surface area contributed by atoms with Gasteiger partial charge in [-0.05, 0) is 36.4 Å². The Labute approximate surface area is 143 Å². The molecule has 25 heavy (non-hydrogen) atoms. The topological polar surface area (TPSA) is 88.6 Å². The number of methoxy groups -OCH3 is 1. The molecule has 0 aliphatic carbocycles. The number of benzene rings is 2. The predicted molar refractivity (Wildman–Crippen MR) is 91.0 cm³/mol. The Balaban J connectivity index is 2.08. The number of esters is 1. The molecule has 0 radical (unpaired) electrons. The number of carbonyl (C=O) groups is 2. The number of aromatic nitrogens is 1. The highest BCUT2D eigenvalue weighted by Crippen LogP contribution is 2.32. The zero-order chi connectivity index (χ0) is 17.8. The number of carboxylic acid groups (broad SMARTS) is 1. The zero-order valence-electron chi connectivity index (χ0n) is 13.4. The second-order valence-corrected chi connectivity index (χ2v) is 5.19. The average Bonchev–Trinajstić information content (AvgIpc) is 3.11. The summed E-state index contributed by atoms with van der Waals surface area (Å²) in [6.07, 6.45) is 1.55. The fourth-order valence-corrected chi connectivity index (χ4v) is 2.48. The second-order valence-electron chi connectivity index (χ2n) is 5.19. The van der Waals surface area contributed by atoms with E-state index in [1.54, 1.807) is 30.5 Å². The van der Waals surface area contributed by atoms with Crippen LogP contribution in [-0.4, -0.2) is 29.1 Å². The monoisotopic (exact) mass is 337 g/mol. The standard InChI is InChI=1S/C19H15NO5/c1-24-19(23)15-9-10-20-17(15)16-11-13(7-8-14(16)18(21)22)25-12-5-3-2-4-6-12/h2-11,20H,1H3,(H,21,22). The van der Waals surface area contributed by atoms with Crippen LogP contribution in [0.3, 0.4) is 0 Å². The highest BCUT2D eigenvalue weighted by Gasteiger charge is 2.20. The molecule has 0 atom stereocenters. The summed E-state index contributed by atoms with van der Waals surface area (Å²) in [6, 6.07) is 15.3. The van der Waals surface area contributed by atoms with E-state index >= 15 is 0 Å². The van der Waals surface area contributed by atoms with Crippen molar-refractivity contribution in [1.82, 2.24) is 4.98 Å². The molecular weight excluding hydrogens is 322 g/mol. The number of nitrogens with one attached hydrogen (secondary N) is 1. The van der Waals surface area contributed by atoms with E-state index in [4.69, 9.17) is 9.47 Å². The van der Waals surface area contributed by atoms with Crippen LogP contribution in [0.5, 0.6) is 11.5 Å². The Morgan fingerprint density at radius 2 is 1.72 bits per heavy atom. The number of hydrogen-bond donors (Lipinski definition) is 2. The number of aromatic amines is 1. The van der Waals surface area contributed by atoms with Crippen LogP contribution in [0.25, 0.3) is 11.3 Å². The predicted octanol–water partition coefficient (Wildman–Crippen LogP) is 3.96. The number of H-pyrrole nitrogens is 1. The first-order chi connectivity index (χ1) is 12.1. The summed E-state index contributed by atoms with van der Waals surface area (Å²) in [5, 5.41) is 9.46. The molecule has 0 spiro atoms. The van der Waals surface area contributed by atoms with Crippen LogP contribution in [0.2, 0.25) is 0 Å². The number of aromatic carboxylic acids is 1. The third-order valence-electron chi connectivity index (χ3n) is 3.62. The van der Waals surface area contributed by atoms with Gasteiger partial charge in [0.1, 0.15) is 11.5 Å². The number of para-hydroxylation sites is 1. The Morgan fingerprint density at radius 3 is 2.40 bits per heavy atom. The zero-order valence-corrected chi connectivity index (χ0v) is 13.4. The molecule has 6 nitrogen and oxygen atoms in total. The van der Waals surface area contributed by atoms with Gasteiger partial charge in [0.05, 0.1) is 23.9 Å². The van der Waals surface area contributed by atoms with E-state index in [0.29, 0.717) is 22.8 Å². The van der Waals surface area contributed by atoms with E-state index in [2.05, 4.69) is 4.98 Å². The molecule has 0 fully saturated rings. The van der Waals surface area contributed by atoms with Gasteiger partial charge >= 0.3 is 11.9 Å². The normalized spacial score (nSPS) is 10.3. The molecule has 0 aliphatic rings. The SMILES string of the molecule is COC(=O)c1cc[nH]c1-c1cc(Oc2ccccc2)ccc1C(=O)O. The molecule has 0 unspecified atom stereocenters. The molecule has 1 aromatic heterocycles. The van der Waals surface area contributed by atoms with Crippen molar-refractivity contribution in [3.63, 3.8) is 0 Å². The Bertz CT molecular complexity index is 915. The Hall–Kier alpha value is -3.54. The fraction of sp³-hybridized carbons (Fsp3) is 0.0526. The van der Waals surface area contributed by atoms with Gasteiger partial charge in [0, 0.05) is 11.8 Å². The average molecular weight is 337 g/mol. The number of carbonyl (C=O) groups excluding carboxylic acids is 1. The van der Waals surface area contributed by atoms with E-state index in [1.807, 2.05) is 18.2 Å². The molecule has 6 heteroatoms. The molecule has 0 saturated carbocycles. The van der Waals surface area contributed by atoms with Crippen LogP contribution < -0.4 is 4.74 Å². The van der Waals surface area contributed by atoms with Crippen LogP contribution >= 0.6 is 0 Å². The summed E-state index contributed by atoms with van der Waals surface area (Å²) in [5.41, 5.74) is 1.00. The molecule has 1 heterocycles. The van der Waals surface area contributed by atoms with Crippen molar-refractivity contribution >= 4 is 11.9 Å². The van der Waals surface area contributed by atoms with Crippen molar-refractivity contribution in [1.29, 1.82) is 0 Å². The van der Waals surface area contributed by atoms with Gasteiger partial charge in [0.15, 0.2) is 0 Å². The fourth-order valence-electron chi connectivity index (χ4n) is 2.48. The first-order valence-corrected chi connectivity index (χ1v) is 7.46. The van der Waals surface area contributed by atoms with Crippen molar-refractivity contribution in [3.05, 3.63) is 71.9 Å². The summed E-state index contributed by atoms with van der Waals surface area (Å²) in [5.74, 6) is -0.582. The van der Waals surface area contributed by atoms with Gasteiger partial charge in [-0.25, -0.2) is 9.59 Å². The van der Waals surface area contributed by atoms with Gasteiger partial charge in [0.2, 0.25) is 0 Å². The molecule has 126 valence electrons. The van der Waals surface area contributed by atoms with Crippen molar-refractivity contribution < 1.29 is 24.2 Å². The lowest BCUT2D eigenvalue weighted by Gasteiger charge is -2.11. The lowest BCUT2D eigenvalue weighted by molar-refractivity contribution is 0.0600. The van der Waals surface area contributed by atoms with Crippen LogP contribution in [0.1, 0.15) is 20.7 Å². The number of rotatable bonds is 5. The number of hydrogen-bond acceptors (Lipinski definition) is 4. The van der Waals surface area contributed by atoms with E-state index in [-0.39, 0.29) is 11.1 Å². The lowest BCUT2D eigenvalue weighted by Crippen LogP contribution is -2.05. The highest BCUT2D eigenvalue weighted by atomic mass is 16.5. The Kier molecular flexibility index (Phi) is 4.52. The van der Waals surface area contributed by atoms with Gasteiger partial charge in [-0.15, -0.1) is 0 Å². The van der Waals surface area contributed by atoms with Crippen molar-refractivity contribution in [2.75, 3.05) is 7.11 Å². The molecule has 3 aromatic rings. The lowest BCUT2D eigenvalue weighted by atomic mass is 10.0. The van der Waals surface area contributed by atoms with E-state index in [0.717, 1.165) is 0 Å². The summed E-state index contributed by atoms with van der Waals surface area (Å²) < 4.78 is 10.5. The van der Waals surface area contributed by atoms with Crippen LogP contribution in [0, 0.1) is 0 Å². The highest BCUT2D eigenvalue weighted by molar-refractivity contribution is 6.02. The van der Waals surface area contributed by atoms with Crippen LogP contribution in [0.15, 0.2) is 60.8 Å². The van der Waals surface area contributed by atoms with Crippen LogP contribution in [-0.2, 0) is 4.74 Å². The molecular formula is C19H15NO5.